The number of hydrogen-bond donors (Lipinski definition) is 0. The van der Waals surface area contributed by atoms with E-state index in [2.05, 4.69) is 6.92 Å². The standard InChI is InChI=1S/C8H13Cl5/c1-2-3-4-5-6-7(9,10)8(11,12)13/h2-6H2,1H3. The van der Waals surface area contributed by atoms with Gasteiger partial charge >= 0.3 is 0 Å². The molecule has 0 unspecified atom stereocenters. The first-order valence-electron chi connectivity index (χ1n) is 4.26. The van der Waals surface area contributed by atoms with Crippen molar-refractivity contribution >= 4 is 58.0 Å². The van der Waals surface area contributed by atoms with Crippen molar-refractivity contribution in [2.75, 3.05) is 0 Å². The Morgan fingerprint density at radius 1 is 0.846 bits per heavy atom. The number of halogens is 5. The second-order valence-corrected chi connectivity index (χ2v) is 6.78. The Balaban J connectivity index is 3.77. The fraction of sp³-hybridized carbons (Fsp3) is 1.00. The molecule has 0 radical (unpaired) electrons. The number of alkyl halides is 5. The monoisotopic (exact) mass is 284 g/mol. The average molecular weight is 286 g/mol. The molecule has 0 bridgehead atoms. The number of unbranched alkanes of at least 4 members (excludes halogenated alkanes) is 3. The predicted octanol–water partition coefficient (Wildman–Crippen LogP) is 5.50. The van der Waals surface area contributed by atoms with Gasteiger partial charge < -0.3 is 0 Å². The summed E-state index contributed by atoms with van der Waals surface area (Å²) in [7, 11) is 0. The molecule has 5 heteroatoms. The lowest BCUT2D eigenvalue weighted by molar-refractivity contribution is 0.592. The quantitative estimate of drug-likeness (QED) is 0.462. The van der Waals surface area contributed by atoms with Crippen molar-refractivity contribution in [3.8, 4) is 0 Å². The van der Waals surface area contributed by atoms with Gasteiger partial charge in [0, 0.05) is 0 Å². The fourth-order valence-corrected chi connectivity index (χ4v) is 1.47. The largest absolute Gasteiger partial charge is 0.223 e. The van der Waals surface area contributed by atoms with Crippen LogP contribution < -0.4 is 0 Å². The third kappa shape index (κ3) is 5.79. The first-order valence-corrected chi connectivity index (χ1v) is 6.15. The molecule has 0 amide bonds. The summed E-state index contributed by atoms with van der Waals surface area (Å²) in [6.45, 7) is 2.13. The van der Waals surface area contributed by atoms with Crippen molar-refractivity contribution in [1.82, 2.24) is 0 Å². The van der Waals surface area contributed by atoms with Crippen molar-refractivity contribution in [3.05, 3.63) is 0 Å². The summed E-state index contributed by atoms with van der Waals surface area (Å²) in [6, 6.07) is 0. The van der Waals surface area contributed by atoms with Gasteiger partial charge in [-0.2, -0.15) is 0 Å². The molecule has 0 atom stereocenters. The molecular formula is C8H13Cl5. The van der Waals surface area contributed by atoms with E-state index >= 15 is 0 Å². The highest BCUT2D eigenvalue weighted by molar-refractivity contribution is 6.75. The van der Waals surface area contributed by atoms with E-state index in [1.807, 2.05) is 0 Å². The third-order valence-corrected chi connectivity index (χ3v) is 4.25. The highest BCUT2D eigenvalue weighted by Crippen LogP contribution is 2.48. The minimum Gasteiger partial charge on any atom is -0.0969 e. The zero-order valence-corrected chi connectivity index (χ0v) is 11.2. The van der Waals surface area contributed by atoms with Gasteiger partial charge in [-0.1, -0.05) is 90.6 Å². The van der Waals surface area contributed by atoms with Crippen LogP contribution in [0.15, 0.2) is 0 Å². The normalized spacial score (nSPS) is 13.4. The third-order valence-electron chi connectivity index (χ3n) is 1.76. The maximum absolute atomic E-state index is 5.86. The maximum atomic E-state index is 5.86. The Kier molecular flexibility index (Phi) is 6.81. The molecular weight excluding hydrogens is 273 g/mol. The summed E-state index contributed by atoms with van der Waals surface area (Å²) in [5.74, 6) is 0. The Bertz CT molecular complexity index is 138. The van der Waals surface area contributed by atoms with Crippen molar-refractivity contribution < 1.29 is 0 Å². The van der Waals surface area contributed by atoms with Crippen molar-refractivity contribution in [2.45, 2.75) is 47.2 Å². The van der Waals surface area contributed by atoms with Crippen molar-refractivity contribution in [2.24, 2.45) is 0 Å². The van der Waals surface area contributed by atoms with Gasteiger partial charge in [0.1, 0.15) is 0 Å². The first-order chi connectivity index (χ1) is 5.81. The van der Waals surface area contributed by atoms with E-state index in [0.29, 0.717) is 6.42 Å². The van der Waals surface area contributed by atoms with Gasteiger partial charge in [0.15, 0.2) is 4.33 Å². The maximum Gasteiger partial charge on any atom is 0.223 e. The molecule has 0 heterocycles. The summed E-state index contributed by atoms with van der Waals surface area (Å²) in [5, 5.41) is 0. The molecule has 0 fully saturated rings. The molecule has 0 aliphatic heterocycles. The summed E-state index contributed by atoms with van der Waals surface area (Å²) in [4.78, 5) is 0. The highest BCUT2D eigenvalue weighted by atomic mass is 35.6. The molecule has 0 aromatic heterocycles. The molecule has 0 N–H and O–H groups in total. The van der Waals surface area contributed by atoms with E-state index in [-0.39, 0.29) is 0 Å². The van der Waals surface area contributed by atoms with Gasteiger partial charge in [0.2, 0.25) is 3.79 Å². The molecule has 0 aliphatic carbocycles. The van der Waals surface area contributed by atoms with E-state index in [1.54, 1.807) is 0 Å². The molecule has 0 nitrogen and oxygen atoms in total. The van der Waals surface area contributed by atoms with Crippen molar-refractivity contribution in [3.63, 3.8) is 0 Å². The molecule has 80 valence electrons. The Morgan fingerprint density at radius 2 is 1.38 bits per heavy atom. The van der Waals surface area contributed by atoms with Crippen LogP contribution in [-0.2, 0) is 0 Å². The summed E-state index contributed by atoms with van der Waals surface area (Å²) < 4.78 is -2.88. The number of hydrogen-bond acceptors (Lipinski definition) is 0. The van der Waals surface area contributed by atoms with Gasteiger partial charge in [-0.3, -0.25) is 0 Å². The van der Waals surface area contributed by atoms with Crippen LogP contribution in [0.25, 0.3) is 0 Å². The van der Waals surface area contributed by atoms with Gasteiger partial charge in [0.05, 0.1) is 0 Å². The zero-order valence-electron chi connectivity index (χ0n) is 7.43. The lowest BCUT2D eigenvalue weighted by Crippen LogP contribution is -2.30. The molecule has 0 saturated heterocycles. The minimum absolute atomic E-state index is 0.507. The minimum atomic E-state index is -1.61. The molecule has 0 spiro atoms. The van der Waals surface area contributed by atoms with Gasteiger partial charge in [-0.05, 0) is 6.42 Å². The first kappa shape index (κ1) is 14.5. The van der Waals surface area contributed by atoms with Crippen LogP contribution in [0.5, 0.6) is 0 Å². The van der Waals surface area contributed by atoms with Gasteiger partial charge in [-0.25, -0.2) is 0 Å². The molecule has 0 saturated carbocycles. The highest BCUT2D eigenvalue weighted by Gasteiger charge is 2.44. The smallest absolute Gasteiger partial charge is 0.0969 e. The summed E-state index contributed by atoms with van der Waals surface area (Å²) in [5.41, 5.74) is 0. The topological polar surface area (TPSA) is 0 Å². The average Bonchev–Trinajstić information content (AvgIpc) is 1.96. The molecule has 0 aliphatic rings. The van der Waals surface area contributed by atoms with E-state index in [1.165, 1.54) is 0 Å². The van der Waals surface area contributed by atoms with E-state index in [4.69, 9.17) is 58.0 Å². The molecule has 0 aromatic rings. The molecule has 13 heavy (non-hydrogen) atoms. The van der Waals surface area contributed by atoms with Crippen LogP contribution in [0.2, 0.25) is 0 Å². The second-order valence-electron chi connectivity index (χ2n) is 3.01. The summed E-state index contributed by atoms with van der Waals surface area (Å²) in [6.07, 6.45) is 4.77. The Hall–Kier alpha value is 1.45. The van der Waals surface area contributed by atoms with Gasteiger partial charge in [-0.15, -0.1) is 0 Å². The van der Waals surface area contributed by atoms with Crippen LogP contribution in [0.4, 0.5) is 0 Å². The van der Waals surface area contributed by atoms with Gasteiger partial charge in [0.25, 0.3) is 0 Å². The summed E-state index contributed by atoms with van der Waals surface area (Å²) >= 11 is 28.5. The lowest BCUT2D eigenvalue weighted by Gasteiger charge is -2.27. The molecule has 0 rings (SSSR count). The van der Waals surface area contributed by atoms with Crippen LogP contribution in [0.1, 0.15) is 39.0 Å². The van der Waals surface area contributed by atoms with Crippen LogP contribution in [0.3, 0.4) is 0 Å². The van der Waals surface area contributed by atoms with Crippen molar-refractivity contribution in [1.29, 1.82) is 0 Å². The van der Waals surface area contributed by atoms with E-state index < -0.39 is 8.13 Å². The van der Waals surface area contributed by atoms with Crippen LogP contribution in [0, 0.1) is 0 Å². The van der Waals surface area contributed by atoms with Crippen LogP contribution >= 0.6 is 58.0 Å². The number of rotatable bonds is 5. The van der Waals surface area contributed by atoms with E-state index in [9.17, 15) is 0 Å². The Labute approximate surface area is 105 Å². The SMILES string of the molecule is CCCCCCC(Cl)(Cl)C(Cl)(Cl)Cl. The van der Waals surface area contributed by atoms with E-state index in [0.717, 1.165) is 25.7 Å². The molecule has 0 aromatic carbocycles. The Morgan fingerprint density at radius 3 is 1.77 bits per heavy atom. The fourth-order valence-electron chi connectivity index (χ4n) is 0.916. The predicted molar refractivity (Wildman–Crippen MR) is 63.5 cm³/mol. The lowest BCUT2D eigenvalue weighted by atomic mass is 10.1. The zero-order chi connectivity index (χ0) is 10.5. The van der Waals surface area contributed by atoms with Crippen LogP contribution in [-0.4, -0.2) is 8.13 Å². The second kappa shape index (κ2) is 6.12.